The second kappa shape index (κ2) is 10.1. The fourth-order valence-corrected chi connectivity index (χ4v) is 3.84. The lowest BCUT2D eigenvalue weighted by atomic mass is 10.1. The third kappa shape index (κ3) is 5.82. The number of carboxylic acid groups (broad SMARTS) is 1. The Kier molecular flexibility index (Phi) is 7.54. The zero-order valence-corrected chi connectivity index (χ0v) is 20.8. The van der Waals surface area contributed by atoms with Crippen molar-refractivity contribution in [3.63, 3.8) is 0 Å². The Morgan fingerprint density at radius 1 is 1.29 bits per heavy atom. The zero-order chi connectivity index (χ0) is 26.1. The maximum absolute atomic E-state index is 14.0. The molecule has 35 heavy (non-hydrogen) atoms. The molecule has 0 saturated heterocycles. The molecule has 0 saturated carbocycles. The Labute approximate surface area is 206 Å². The lowest BCUT2D eigenvalue weighted by Gasteiger charge is -2.35. The minimum absolute atomic E-state index is 0.0731. The summed E-state index contributed by atoms with van der Waals surface area (Å²) in [5.74, 6) is -1.85. The highest BCUT2D eigenvalue weighted by atomic mass is 35.5. The molecular formula is C24H27ClF2N4O4. The predicted molar refractivity (Wildman–Crippen MR) is 127 cm³/mol. The second-order valence-electron chi connectivity index (χ2n) is 9.19. The fraction of sp³-hybridized carbons (Fsp3) is 0.375. The molecule has 1 unspecified atom stereocenters. The van der Waals surface area contributed by atoms with Crippen LogP contribution in [0.2, 0.25) is 5.02 Å². The summed E-state index contributed by atoms with van der Waals surface area (Å²) in [6.45, 7) is 8.28. The molecule has 0 aliphatic rings. The van der Waals surface area contributed by atoms with Crippen molar-refractivity contribution in [1.82, 2.24) is 19.6 Å². The number of hydrogen-bond donors (Lipinski definition) is 2. The van der Waals surface area contributed by atoms with Gasteiger partial charge in [0.2, 0.25) is 0 Å². The number of rotatable bonds is 7. The largest absolute Gasteiger partial charge is 0.485 e. The first-order chi connectivity index (χ1) is 16.3. The van der Waals surface area contributed by atoms with Gasteiger partial charge in [0.1, 0.15) is 23.9 Å². The number of carbonyl (C=O) groups excluding carboxylic acids is 1. The van der Waals surface area contributed by atoms with Crippen molar-refractivity contribution in [1.29, 1.82) is 0 Å². The summed E-state index contributed by atoms with van der Waals surface area (Å²) < 4.78 is 35.1. The van der Waals surface area contributed by atoms with Gasteiger partial charge < -0.3 is 20.1 Å². The van der Waals surface area contributed by atoms with Crippen LogP contribution in [0.15, 0.2) is 30.5 Å². The number of imidazole rings is 1. The number of benzene rings is 1. The second-order valence-corrected chi connectivity index (χ2v) is 9.63. The number of nitrogens with one attached hydrogen (secondary N) is 1. The molecule has 1 atom stereocenters. The van der Waals surface area contributed by atoms with Crippen LogP contribution in [0.5, 0.6) is 5.75 Å². The Balaban J connectivity index is 1.87. The molecule has 0 spiro atoms. The molecule has 3 aromatic rings. The van der Waals surface area contributed by atoms with E-state index >= 15 is 0 Å². The van der Waals surface area contributed by atoms with Crippen LogP contribution in [0.4, 0.5) is 13.6 Å². The number of nitrogens with zero attached hydrogens (tertiary/aromatic N) is 3. The normalized spacial score (nSPS) is 12.5. The number of pyridine rings is 1. The molecule has 11 heteroatoms. The van der Waals surface area contributed by atoms with Gasteiger partial charge in [-0.1, -0.05) is 17.7 Å². The van der Waals surface area contributed by atoms with Crippen LogP contribution in [0.25, 0.3) is 5.65 Å². The van der Waals surface area contributed by atoms with Crippen molar-refractivity contribution in [2.75, 3.05) is 6.54 Å². The number of amides is 2. The van der Waals surface area contributed by atoms with Crippen molar-refractivity contribution in [3.8, 4) is 5.75 Å². The van der Waals surface area contributed by atoms with Crippen LogP contribution in [0.3, 0.4) is 0 Å². The highest BCUT2D eigenvalue weighted by Gasteiger charge is 2.29. The van der Waals surface area contributed by atoms with E-state index in [2.05, 4.69) is 10.3 Å². The van der Waals surface area contributed by atoms with E-state index in [-0.39, 0.29) is 34.2 Å². The summed E-state index contributed by atoms with van der Waals surface area (Å²) in [5, 5.41) is 12.5. The van der Waals surface area contributed by atoms with E-state index in [1.54, 1.807) is 34.6 Å². The van der Waals surface area contributed by atoms with Gasteiger partial charge in [0, 0.05) is 30.4 Å². The van der Waals surface area contributed by atoms with Gasteiger partial charge in [-0.2, -0.15) is 0 Å². The lowest BCUT2D eigenvalue weighted by molar-refractivity contribution is 0.0831. The topological polar surface area (TPSA) is 96.2 Å². The summed E-state index contributed by atoms with van der Waals surface area (Å²) in [5.41, 5.74) is -0.119. The molecule has 2 amide bonds. The van der Waals surface area contributed by atoms with E-state index in [0.717, 1.165) is 12.1 Å². The van der Waals surface area contributed by atoms with Gasteiger partial charge in [0.25, 0.3) is 5.91 Å². The molecule has 2 heterocycles. The van der Waals surface area contributed by atoms with E-state index in [4.69, 9.17) is 16.3 Å². The van der Waals surface area contributed by atoms with Crippen molar-refractivity contribution >= 4 is 29.2 Å². The lowest BCUT2D eigenvalue weighted by Crippen LogP contribution is -2.51. The summed E-state index contributed by atoms with van der Waals surface area (Å²) >= 11 is 6.23. The average Bonchev–Trinajstić information content (AvgIpc) is 3.06. The highest BCUT2D eigenvalue weighted by Crippen LogP contribution is 2.28. The van der Waals surface area contributed by atoms with E-state index < -0.39 is 41.8 Å². The first-order valence-corrected chi connectivity index (χ1v) is 11.2. The van der Waals surface area contributed by atoms with Gasteiger partial charge in [-0.3, -0.25) is 9.20 Å². The first-order valence-electron chi connectivity index (χ1n) is 10.8. The maximum Gasteiger partial charge on any atom is 0.407 e. The van der Waals surface area contributed by atoms with Crippen LogP contribution in [0.1, 0.15) is 49.4 Å². The summed E-state index contributed by atoms with van der Waals surface area (Å²) in [6, 6.07) is 4.45. The summed E-state index contributed by atoms with van der Waals surface area (Å²) in [6.07, 6.45) is 0.385. The first kappa shape index (κ1) is 26.2. The van der Waals surface area contributed by atoms with Gasteiger partial charge in [-0.05, 0) is 46.8 Å². The molecule has 1 aromatic carbocycles. The minimum atomic E-state index is -1.09. The van der Waals surface area contributed by atoms with Gasteiger partial charge in [0.15, 0.2) is 11.4 Å². The number of hydrogen-bond acceptors (Lipinski definition) is 4. The smallest absolute Gasteiger partial charge is 0.407 e. The Morgan fingerprint density at radius 2 is 1.91 bits per heavy atom. The minimum Gasteiger partial charge on any atom is -0.485 e. The van der Waals surface area contributed by atoms with Crippen LogP contribution < -0.4 is 10.1 Å². The van der Waals surface area contributed by atoms with Crippen molar-refractivity contribution in [2.45, 2.75) is 52.8 Å². The number of aryl methyl sites for hydroxylation is 1. The number of aromatic nitrogens is 2. The molecule has 0 bridgehead atoms. The van der Waals surface area contributed by atoms with Crippen LogP contribution in [-0.4, -0.2) is 49.5 Å². The predicted octanol–water partition coefficient (Wildman–Crippen LogP) is 5.05. The van der Waals surface area contributed by atoms with Crippen molar-refractivity contribution in [2.24, 2.45) is 0 Å². The molecule has 8 nitrogen and oxygen atoms in total. The van der Waals surface area contributed by atoms with E-state index in [1.165, 1.54) is 27.6 Å². The molecule has 0 fully saturated rings. The monoisotopic (exact) mass is 508 g/mol. The number of ether oxygens (including phenoxy) is 1. The third-order valence-corrected chi connectivity index (χ3v) is 5.56. The molecule has 0 aliphatic carbocycles. The van der Waals surface area contributed by atoms with E-state index in [9.17, 15) is 23.5 Å². The van der Waals surface area contributed by atoms with E-state index in [0.29, 0.717) is 5.69 Å². The van der Waals surface area contributed by atoms with Crippen LogP contribution in [0, 0.1) is 18.6 Å². The maximum atomic E-state index is 14.0. The Bertz CT molecular complexity index is 1250. The quantitative estimate of drug-likeness (QED) is 0.465. The molecule has 3 rings (SSSR count). The Hall–Kier alpha value is -3.40. The molecule has 0 radical (unpaired) electrons. The number of carbonyl (C=O) groups is 2. The van der Waals surface area contributed by atoms with Gasteiger partial charge in [-0.25, -0.2) is 18.6 Å². The molecular weight excluding hydrogens is 482 g/mol. The highest BCUT2D eigenvalue weighted by molar-refractivity contribution is 6.30. The third-order valence-electron chi connectivity index (χ3n) is 5.35. The average molecular weight is 509 g/mol. The SMILES string of the molecule is Cc1nc2c(OCc3c(F)cccc3F)cc(Cl)cn2c1C(=O)NC(C)CN(C(=O)O)C(C)(C)C. The zero-order valence-electron chi connectivity index (χ0n) is 20.0. The van der Waals surface area contributed by atoms with E-state index in [1.807, 2.05) is 0 Å². The fourth-order valence-electron chi connectivity index (χ4n) is 3.65. The van der Waals surface area contributed by atoms with Crippen molar-refractivity contribution < 1.29 is 28.2 Å². The Morgan fingerprint density at radius 3 is 2.49 bits per heavy atom. The van der Waals surface area contributed by atoms with Crippen LogP contribution in [-0.2, 0) is 6.61 Å². The molecule has 0 aliphatic heterocycles. The molecule has 2 N–H and O–H groups in total. The number of fused-ring (bicyclic) bond motifs is 1. The van der Waals surface area contributed by atoms with Crippen LogP contribution >= 0.6 is 11.6 Å². The standard InChI is InChI=1S/C24H27ClF2N4O4/c1-13(10-31(23(33)34)24(3,4)5)28-22(32)20-14(2)29-21-19(9-15(25)11-30(20)21)35-12-16-17(26)7-6-8-18(16)27/h6-9,11,13H,10,12H2,1-5H3,(H,28,32)(H,33,34). The summed E-state index contributed by atoms with van der Waals surface area (Å²) in [4.78, 5) is 30.4. The van der Waals surface area contributed by atoms with Gasteiger partial charge in [-0.15, -0.1) is 0 Å². The van der Waals surface area contributed by atoms with Crippen molar-refractivity contribution in [3.05, 3.63) is 64.1 Å². The van der Waals surface area contributed by atoms with Gasteiger partial charge >= 0.3 is 6.09 Å². The number of halogens is 3. The molecule has 2 aromatic heterocycles. The molecule has 188 valence electrons. The summed E-state index contributed by atoms with van der Waals surface area (Å²) in [7, 11) is 0. The van der Waals surface area contributed by atoms with Gasteiger partial charge in [0.05, 0.1) is 16.3 Å².